The van der Waals surface area contributed by atoms with E-state index in [4.69, 9.17) is 0 Å². The molecule has 19 heavy (non-hydrogen) atoms. The summed E-state index contributed by atoms with van der Waals surface area (Å²) in [4.78, 5) is 26.4. The number of nitrogens with one attached hydrogen (secondary N) is 1. The Balaban J connectivity index is 2.08. The van der Waals surface area contributed by atoms with E-state index in [1.165, 1.54) is 19.3 Å². The van der Waals surface area contributed by atoms with E-state index >= 15 is 0 Å². The van der Waals surface area contributed by atoms with Gasteiger partial charge in [-0.1, -0.05) is 20.3 Å². The van der Waals surface area contributed by atoms with Crippen molar-refractivity contribution in [1.29, 1.82) is 0 Å². The maximum Gasteiger partial charge on any atom is 0.245 e. The van der Waals surface area contributed by atoms with Crippen LogP contribution in [0.3, 0.4) is 0 Å². The molecule has 4 heteroatoms. The smallest absolute Gasteiger partial charge is 0.245 e. The van der Waals surface area contributed by atoms with E-state index in [0.29, 0.717) is 18.3 Å². The monoisotopic (exact) mass is 266 g/mol. The molecule has 0 aromatic carbocycles. The molecule has 1 aliphatic heterocycles. The number of hydrogen-bond acceptors (Lipinski definition) is 2. The maximum atomic E-state index is 12.6. The average Bonchev–Trinajstić information content (AvgIpc) is 2.32. The van der Waals surface area contributed by atoms with Gasteiger partial charge >= 0.3 is 0 Å². The maximum absolute atomic E-state index is 12.6. The Kier molecular flexibility index (Phi) is 4.48. The zero-order valence-electron chi connectivity index (χ0n) is 12.3. The molecular formula is C15H26N2O2. The molecule has 2 amide bonds. The van der Waals surface area contributed by atoms with E-state index in [1.807, 2.05) is 11.8 Å². The normalized spacial score (nSPS) is 29.2. The molecule has 2 fully saturated rings. The Hall–Kier alpha value is -1.06. The van der Waals surface area contributed by atoms with Crippen molar-refractivity contribution in [2.75, 3.05) is 6.54 Å². The van der Waals surface area contributed by atoms with Gasteiger partial charge in [0.1, 0.15) is 6.04 Å². The Morgan fingerprint density at radius 2 is 2.00 bits per heavy atom. The van der Waals surface area contributed by atoms with Crippen LogP contribution in [0.2, 0.25) is 0 Å². The van der Waals surface area contributed by atoms with Gasteiger partial charge in [-0.25, -0.2) is 0 Å². The standard InChI is InChI=1S/C15H26N2O2/c1-10(2)7-13-15(19)17(9-12-5-4-6-12)11(3)8-14(18)16-13/h10-13H,4-9H2,1-3H3,(H,16,18). The second-order valence-corrected chi connectivity index (χ2v) is 6.59. The predicted octanol–water partition coefficient (Wildman–Crippen LogP) is 1.94. The number of nitrogens with zero attached hydrogens (tertiary/aromatic N) is 1. The van der Waals surface area contributed by atoms with Crippen LogP contribution in [-0.2, 0) is 9.59 Å². The average molecular weight is 266 g/mol. The summed E-state index contributed by atoms with van der Waals surface area (Å²) in [6, 6.07) is -0.289. The van der Waals surface area contributed by atoms with Gasteiger partial charge in [-0.2, -0.15) is 0 Å². The van der Waals surface area contributed by atoms with Gasteiger partial charge in [-0.3, -0.25) is 9.59 Å². The molecule has 0 radical (unpaired) electrons. The highest BCUT2D eigenvalue weighted by Gasteiger charge is 2.35. The molecule has 4 nitrogen and oxygen atoms in total. The van der Waals surface area contributed by atoms with Gasteiger partial charge in [0.15, 0.2) is 0 Å². The Bertz CT molecular complexity index is 350. The molecule has 0 bridgehead atoms. The lowest BCUT2D eigenvalue weighted by molar-refractivity contribution is -0.136. The van der Waals surface area contributed by atoms with Crippen LogP contribution >= 0.6 is 0 Å². The Morgan fingerprint density at radius 3 is 2.53 bits per heavy atom. The van der Waals surface area contributed by atoms with Gasteiger partial charge in [-0.05, 0) is 38.0 Å². The van der Waals surface area contributed by atoms with Crippen molar-refractivity contribution in [3.8, 4) is 0 Å². The van der Waals surface area contributed by atoms with E-state index in [-0.39, 0.29) is 23.9 Å². The van der Waals surface area contributed by atoms with Crippen LogP contribution in [0.15, 0.2) is 0 Å². The molecule has 0 aromatic rings. The van der Waals surface area contributed by atoms with E-state index < -0.39 is 0 Å². The number of rotatable bonds is 4. The highest BCUT2D eigenvalue weighted by Crippen LogP contribution is 2.29. The molecule has 1 N–H and O–H groups in total. The summed E-state index contributed by atoms with van der Waals surface area (Å²) >= 11 is 0. The molecule has 1 aliphatic carbocycles. The van der Waals surface area contributed by atoms with Crippen molar-refractivity contribution in [2.24, 2.45) is 11.8 Å². The molecule has 1 saturated carbocycles. The van der Waals surface area contributed by atoms with Crippen LogP contribution in [0.1, 0.15) is 52.9 Å². The number of carbonyl (C=O) groups excluding carboxylic acids is 2. The third-order valence-corrected chi connectivity index (χ3v) is 4.32. The first-order chi connectivity index (χ1) is 8.97. The minimum absolute atomic E-state index is 0.0163. The molecule has 1 heterocycles. The van der Waals surface area contributed by atoms with Crippen LogP contribution in [0.4, 0.5) is 0 Å². The third-order valence-electron chi connectivity index (χ3n) is 4.32. The summed E-state index contributed by atoms with van der Waals surface area (Å²) in [6.45, 7) is 7.01. The molecule has 2 atom stereocenters. The summed E-state index contributed by atoms with van der Waals surface area (Å²) in [6.07, 6.45) is 4.92. The van der Waals surface area contributed by atoms with E-state index in [2.05, 4.69) is 19.2 Å². The van der Waals surface area contributed by atoms with Crippen molar-refractivity contribution in [2.45, 2.75) is 65.0 Å². The molecular weight excluding hydrogens is 240 g/mol. The molecule has 2 rings (SSSR count). The summed E-state index contributed by atoms with van der Waals surface area (Å²) in [5, 5.41) is 2.90. The molecule has 2 aliphatic rings. The zero-order chi connectivity index (χ0) is 14.0. The first kappa shape index (κ1) is 14.4. The van der Waals surface area contributed by atoms with Crippen LogP contribution in [-0.4, -0.2) is 35.3 Å². The number of amides is 2. The van der Waals surface area contributed by atoms with Gasteiger partial charge in [0.25, 0.3) is 0 Å². The highest BCUT2D eigenvalue weighted by molar-refractivity contribution is 5.90. The zero-order valence-corrected chi connectivity index (χ0v) is 12.3. The van der Waals surface area contributed by atoms with Crippen molar-refractivity contribution < 1.29 is 9.59 Å². The van der Waals surface area contributed by atoms with Gasteiger partial charge in [0.2, 0.25) is 11.8 Å². The number of carbonyl (C=O) groups is 2. The second-order valence-electron chi connectivity index (χ2n) is 6.59. The minimum Gasteiger partial charge on any atom is -0.344 e. The lowest BCUT2D eigenvalue weighted by Crippen LogP contribution is -2.49. The van der Waals surface area contributed by atoms with Crippen molar-refractivity contribution in [3.05, 3.63) is 0 Å². The van der Waals surface area contributed by atoms with Crippen molar-refractivity contribution >= 4 is 11.8 Å². The van der Waals surface area contributed by atoms with Crippen LogP contribution in [0.5, 0.6) is 0 Å². The molecule has 0 aromatic heterocycles. The number of hydrogen-bond donors (Lipinski definition) is 1. The molecule has 0 spiro atoms. The first-order valence-corrected chi connectivity index (χ1v) is 7.57. The van der Waals surface area contributed by atoms with E-state index in [1.54, 1.807) is 0 Å². The summed E-state index contributed by atoms with van der Waals surface area (Å²) < 4.78 is 0. The summed E-state index contributed by atoms with van der Waals surface area (Å²) in [5.74, 6) is 1.20. The predicted molar refractivity (Wildman–Crippen MR) is 74.5 cm³/mol. The van der Waals surface area contributed by atoms with Crippen molar-refractivity contribution in [3.63, 3.8) is 0 Å². The summed E-state index contributed by atoms with van der Waals surface area (Å²) in [5.41, 5.74) is 0. The van der Waals surface area contributed by atoms with E-state index in [9.17, 15) is 9.59 Å². The third kappa shape index (κ3) is 3.48. The van der Waals surface area contributed by atoms with Crippen LogP contribution < -0.4 is 5.32 Å². The minimum atomic E-state index is -0.322. The lowest BCUT2D eigenvalue weighted by Gasteiger charge is -2.36. The molecule has 108 valence electrons. The first-order valence-electron chi connectivity index (χ1n) is 7.57. The van der Waals surface area contributed by atoms with Crippen LogP contribution in [0.25, 0.3) is 0 Å². The quantitative estimate of drug-likeness (QED) is 0.845. The Morgan fingerprint density at radius 1 is 1.32 bits per heavy atom. The highest BCUT2D eigenvalue weighted by atomic mass is 16.2. The Labute approximate surface area is 115 Å². The SMILES string of the molecule is CC(C)CC1NC(=O)CC(C)N(CC2CCC2)C1=O. The van der Waals surface area contributed by atoms with Crippen molar-refractivity contribution in [1.82, 2.24) is 10.2 Å². The van der Waals surface area contributed by atoms with Crippen LogP contribution in [0, 0.1) is 11.8 Å². The van der Waals surface area contributed by atoms with Gasteiger partial charge in [-0.15, -0.1) is 0 Å². The fourth-order valence-corrected chi connectivity index (χ4v) is 2.97. The van der Waals surface area contributed by atoms with Gasteiger partial charge in [0, 0.05) is 19.0 Å². The fraction of sp³-hybridized carbons (Fsp3) is 0.867. The van der Waals surface area contributed by atoms with E-state index in [0.717, 1.165) is 13.0 Å². The fourth-order valence-electron chi connectivity index (χ4n) is 2.97. The second kappa shape index (κ2) is 5.93. The summed E-state index contributed by atoms with van der Waals surface area (Å²) in [7, 11) is 0. The lowest BCUT2D eigenvalue weighted by atomic mass is 9.84. The van der Waals surface area contributed by atoms with Gasteiger partial charge < -0.3 is 10.2 Å². The molecule has 2 unspecified atom stereocenters. The van der Waals surface area contributed by atoms with Gasteiger partial charge in [0.05, 0.1) is 0 Å². The largest absolute Gasteiger partial charge is 0.344 e. The topological polar surface area (TPSA) is 49.4 Å². The molecule has 1 saturated heterocycles.